The van der Waals surface area contributed by atoms with Crippen molar-refractivity contribution >= 4 is 11.6 Å². The van der Waals surface area contributed by atoms with Crippen molar-refractivity contribution in [2.75, 3.05) is 26.2 Å². The third-order valence-electron chi connectivity index (χ3n) is 4.87. The van der Waals surface area contributed by atoms with Crippen LogP contribution in [0, 0.1) is 17.0 Å². The van der Waals surface area contributed by atoms with Gasteiger partial charge in [0.15, 0.2) is 0 Å². The zero-order chi connectivity index (χ0) is 18.7. The van der Waals surface area contributed by atoms with E-state index in [4.69, 9.17) is 0 Å². The normalized spacial score (nSPS) is 16.5. The first-order valence-corrected chi connectivity index (χ1v) is 8.71. The molecule has 0 N–H and O–H groups in total. The van der Waals surface area contributed by atoms with Crippen LogP contribution < -0.4 is 0 Å². The highest BCUT2D eigenvalue weighted by Gasteiger charge is 2.29. The second-order valence-corrected chi connectivity index (χ2v) is 6.58. The first-order chi connectivity index (χ1) is 12.5. The minimum atomic E-state index is -0.552. The van der Waals surface area contributed by atoms with Crippen molar-refractivity contribution in [3.05, 3.63) is 57.9 Å². The maximum absolute atomic E-state index is 12.8. The summed E-state index contributed by atoms with van der Waals surface area (Å²) < 4.78 is 1.44. The highest BCUT2D eigenvalue weighted by Crippen LogP contribution is 2.21. The molecule has 1 aliphatic rings. The molecule has 26 heavy (non-hydrogen) atoms. The van der Waals surface area contributed by atoms with Gasteiger partial charge in [-0.3, -0.25) is 24.5 Å². The predicted octanol–water partition coefficient (Wildman–Crippen LogP) is 2.01. The van der Waals surface area contributed by atoms with Gasteiger partial charge in [0.05, 0.1) is 4.92 Å². The lowest BCUT2D eigenvalue weighted by atomic mass is 10.2. The number of aromatic nitrogens is 2. The molecule has 1 atom stereocenters. The average molecular weight is 357 g/mol. The number of amides is 1. The minimum absolute atomic E-state index is 0.0505. The van der Waals surface area contributed by atoms with E-state index in [9.17, 15) is 14.9 Å². The van der Waals surface area contributed by atoms with Gasteiger partial charge in [-0.1, -0.05) is 30.3 Å². The molecular formula is C18H23N5O3. The Balaban J connectivity index is 1.59. The number of nitro groups is 1. The molecule has 8 heteroatoms. The Bertz CT molecular complexity index is 781. The van der Waals surface area contributed by atoms with E-state index in [1.807, 2.05) is 23.1 Å². The third kappa shape index (κ3) is 3.75. The van der Waals surface area contributed by atoms with Crippen molar-refractivity contribution < 1.29 is 9.72 Å². The molecule has 0 saturated carbocycles. The van der Waals surface area contributed by atoms with E-state index in [-0.39, 0.29) is 11.6 Å². The van der Waals surface area contributed by atoms with Crippen molar-refractivity contribution in [3.8, 4) is 0 Å². The molecule has 1 saturated heterocycles. The van der Waals surface area contributed by atoms with Crippen LogP contribution in [0.3, 0.4) is 0 Å². The monoisotopic (exact) mass is 357 g/mol. The Hall–Kier alpha value is -2.74. The number of rotatable bonds is 5. The topological polar surface area (TPSA) is 84.5 Å². The molecule has 138 valence electrons. The number of carbonyl (C=O) groups excluding carboxylic acids is 1. The molecule has 2 aromatic rings. The molecule has 0 radical (unpaired) electrons. The first-order valence-electron chi connectivity index (χ1n) is 8.71. The van der Waals surface area contributed by atoms with Crippen LogP contribution in [0.25, 0.3) is 0 Å². The molecule has 8 nitrogen and oxygen atoms in total. The lowest BCUT2D eigenvalue weighted by Crippen LogP contribution is -2.50. The van der Waals surface area contributed by atoms with Gasteiger partial charge in [0.2, 0.25) is 5.91 Å². The molecule has 1 aliphatic heterocycles. The summed E-state index contributed by atoms with van der Waals surface area (Å²) in [7, 11) is 0. The van der Waals surface area contributed by atoms with Crippen molar-refractivity contribution in [1.82, 2.24) is 19.6 Å². The van der Waals surface area contributed by atoms with Crippen LogP contribution in [0.4, 0.5) is 5.69 Å². The highest BCUT2D eigenvalue weighted by molar-refractivity contribution is 5.80. The van der Waals surface area contributed by atoms with Crippen LogP contribution in [-0.4, -0.2) is 56.6 Å². The number of piperazine rings is 1. The van der Waals surface area contributed by atoms with Gasteiger partial charge in [-0.05, 0) is 19.4 Å². The first kappa shape index (κ1) is 18.1. The van der Waals surface area contributed by atoms with Crippen LogP contribution >= 0.6 is 0 Å². The van der Waals surface area contributed by atoms with Gasteiger partial charge in [-0.15, -0.1) is 0 Å². The summed E-state index contributed by atoms with van der Waals surface area (Å²) in [5.74, 6) is -0.0505. The fraction of sp³-hybridized carbons (Fsp3) is 0.444. The molecule has 3 rings (SSSR count). The van der Waals surface area contributed by atoms with Gasteiger partial charge in [-0.2, -0.15) is 5.10 Å². The van der Waals surface area contributed by atoms with Gasteiger partial charge < -0.3 is 4.90 Å². The van der Waals surface area contributed by atoms with E-state index in [2.05, 4.69) is 22.1 Å². The summed E-state index contributed by atoms with van der Waals surface area (Å²) in [6.45, 7) is 7.16. The smallest absolute Gasteiger partial charge is 0.309 e. The van der Waals surface area contributed by atoms with Crippen molar-refractivity contribution in [2.24, 2.45) is 0 Å². The van der Waals surface area contributed by atoms with Gasteiger partial charge in [0, 0.05) is 32.7 Å². The third-order valence-corrected chi connectivity index (χ3v) is 4.87. The minimum Gasteiger partial charge on any atom is -0.338 e. The molecular weight excluding hydrogens is 334 g/mol. The lowest BCUT2D eigenvalue weighted by molar-refractivity contribution is -0.385. The predicted molar refractivity (Wildman–Crippen MR) is 96.6 cm³/mol. The Morgan fingerprint density at radius 3 is 2.46 bits per heavy atom. The Kier molecular flexibility index (Phi) is 5.32. The summed E-state index contributed by atoms with van der Waals surface area (Å²) in [5.41, 5.74) is 1.61. The molecule has 0 aliphatic carbocycles. The lowest BCUT2D eigenvalue weighted by Gasteiger charge is -2.36. The van der Waals surface area contributed by atoms with Gasteiger partial charge >= 0.3 is 5.69 Å². The van der Waals surface area contributed by atoms with E-state index in [1.54, 1.807) is 13.8 Å². The molecule has 1 unspecified atom stereocenters. The maximum Gasteiger partial charge on any atom is 0.309 e. The highest BCUT2D eigenvalue weighted by atomic mass is 16.6. The quantitative estimate of drug-likeness (QED) is 0.604. The van der Waals surface area contributed by atoms with Gasteiger partial charge in [0.25, 0.3) is 0 Å². The van der Waals surface area contributed by atoms with E-state index in [0.717, 1.165) is 19.6 Å². The Morgan fingerprint density at radius 1 is 1.23 bits per heavy atom. The summed E-state index contributed by atoms with van der Waals surface area (Å²) >= 11 is 0. The summed E-state index contributed by atoms with van der Waals surface area (Å²) in [5, 5.41) is 15.0. The fourth-order valence-electron chi connectivity index (χ4n) is 3.32. The maximum atomic E-state index is 12.8. The molecule has 0 bridgehead atoms. The van der Waals surface area contributed by atoms with Crippen LogP contribution in [0.1, 0.15) is 24.2 Å². The Morgan fingerprint density at radius 2 is 1.88 bits per heavy atom. The average Bonchev–Trinajstić information content (AvgIpc) is 3.04. The molecule has 0 spiro atoms. The number of benzene rings is 1. The number of carbonyl (C=O) groups is 1. The second kappa shape index (κ2) is 7.65. The number of nitrogens with zero attached hydrogens (tertiary/aromatic N) is 5. The summed E-state index contributed by atoms with van der Waals surface area (Å²) in [4.78, 5) is 27.4. The summed E-state index contributed by atoms with van der Waals surface area (Å²) in [6.07, 6.45) is 1.21. The molecule has 1 aromatic carbocycles. The molecule has 1 fully saturated rings. The fourth-order valence-corrected chi connectivity index (χ4v) is 3.32. The molecule has 1 amide bonds. The van der Waals surface area contributed by atoms with Gasteiger partial charge in [-0.25, -0.2) is 0 Å². The molecule has 1 aromatic heterocycles. The van der Waals surface area contributed by atoms with E-state index >= 15 is 0 Å². The van der Waals surface area contributed by atoms with Crippen molar-refractivity contribution in [2.45, 2.75) is 26.4 Å². The van der Waals surface area contributed by atoms with Crippen LogP contribution in [0.15, 0.2) is 36.5 Å². The van der Waals surface area contributed by atoms with Crippen LogP contribution in [0.5, 0.6) is 0 Å². The van der Waals surface area contributed by atoms with Gasteiger partial charge in [0.1, 0.15) is 17.9 Å². The second-order valence-electron chi connectivity index (χ2n) is 6.58. The zero-order valence-electron chi connectivity index (χ0n) is 15.0. The molecule has 2 heterocycles. The number of hydrogen-bond acceptors (Lipinski definition) is 5. The standard InChI is InChI=1S/C18H23N5O3/c1-14-17(23(25)26)12-19-22(14)15(2)18(24)21-10-8-20(9-11-21)13-16-6-4-3-5-7-16/h3-7,12,15H,8-11,13H2,1-2H3. The zero-order valence-corrected chi connectivity index (χ0v) is 15.0. The van der Waals surface area contributed by atoms with Crippen molar-refractivity contribution in [3.63, 3.8) is 0 Å². The Labute approximate surface area is 152 Å². The number of hydrogen-bond donors (Lipinski definition) is 0. The largest absolute Gasteiger partial charge is 0.338 e. The SMILES string of the molecule is Cc1c([N+](=O)[O-])cnn1C(C)C(=O)N1CCN(Cc2ccccc2)CC1. The van der Waals surface area contributed by atoms with Crippen LogP contribution in [0.2, 0.25) is 0 Å². The van der Waals surface area contributed by atoms with E-state index in [1.165, 1.54) is 16.4 Å². The van der Waals surface area contributed by atoms with Crippen molar-refractivity contribution in [1.29, 1.82) is 0 Å². The summed E-state index contributed by atoms with van der Waals surface area (Å²) in [6, 6.07) is 9.72. The van der Waals surface area contributed by atoms with Crippen LogP contribution in [-0.2, 0) is 11.3 Å². The van der Waals surface area contributed by atoms with E-state index < -0.39 is 11.0 Å². The van der Waals surface area contributed by atoms with E-state index in [0.29, 0.717) is 18.8 Å².